The Morgan fingerprint density at radius 3 is 1.18 bits per heavy atom. The van der Waals surface area contributed by atoms with Gasteiger partial charge in [-0.1, -0.05) is 0 Å². The SMILES string of the molecule is CC(F)(F)C(F)(I)C(F)(F)F. The van der Waals surface area contributed by atoms with E-state index in [9.17, 15) is 26.3 Å². The molecule has 0 aliphatic heterocycles. The molecule has 0 fully saturated rings. The van der Waals surface area contributed by atoms with Gasteiger partial charge in [0, 0.05) is 6.92 Å². The molecular weight excluding hydrogens is 289 g/mol. The third-order valence-corrected chi connectivity index (χ3v) is 2.47. The second-order valence-corrected chi connectivity index (χ2v) is 3.45. The molecule has 1 atom stereocenters. The van der Waals surface area contributed by atoms with Gasteiger partial charge in [0.25, 0.3) is 5.92 Å². The molecule has 68 valence electrons. The molecule has 0 N–H and O–H groups in total. The van der Waals surface area contributed by atoms with Crippen molar-refractivity contribution in [1.29, 1.82) is 0 Å². The third-order valence-electron chi connectivity index (χ3n) is 0.907. The van der Waals surface area contributed by atoms with E-state index in [-0.39, 0.29) is 29.5 Å². The summed E-state index contributed by atoms with van der Waals surface area (Å²) in [6.45, 7) is -0.118. The van der Waals surface area contributed by atoms with Crippen LogP contribution in [0.25, 0.3) is 0 Å². The van der Waals surface area contributed by atoms with Gasteiger partial charge < -0.3 is 0 Å². The van der Waals surface area contributed by atoms with E-state index < -0.39 is 15.8 Å². The Labute approximate surface area is 72.1 Å². The van der Waals surface area contributed by atoms with Gasteiger partial charge in [0.05, 0.1) is 0 Å². The first-order valence-electron chi connectivity index (χ1n) is 2.32. The Balaban J connectivity index is 4.75. The number of halogens is 7. The van der Waals surface area contributed by atoms with Crippen LogP contribution in [0.3, 0.4) is 0 Å². The van der Waals surface area contributed by atoms with Gasteiger partial charge in [-0.25, -0.2) is 13.2 Å². The summed E-state index contributed by atoms with van der Waals surface area (Å²) in [6, 6.07) is 0. The molecule has 0 bridgehead atoms. The molecule has 0 saturated carbocycles. The average Bonchev–Trinajstić information content (AvgIpc) is 1.58. The maximum atomic E-state index is 12.2. The van der Waals surface area contributed by atoms with Crippen LogP contribution >= 0.6 is 22.6 Å². The lowest BCUT2D eigenvalue weighted by molar-refractivity contribution is -0.247. The van der Waals surface area contributed by atoms with E-state index in [1.165, 1.54) is 0 Å². The van der Waals surface area contributed by atoms with Gasteiger partial charge in [-0.3, -0.25) is 0 Å². The maximum Gasteiger partial charge on any atom is 0.438 e. The van der Waals surface area contributed by atoms with Crippen molar-refractivity contribution in [1.82, 2.24) is 0 Å². The topological polar surface area (TPSA) is 0 Å². The normalized spacial score (nSPS) is 19.6. The van der Waals surface area contributed by atoms with Gasteiger partial charge in [-0.15, -0.1) is 0 Å². The second kappa shape index (κ2) is 2.67. The molecule has 1 unspecified atom stereocenters. The van der Waals surface area contributed by atoms with Crippen molar-refractivity contribution in [2.45, 2.75) is 22.7 Å². The van der Waals surface area contributed by atoms with Crippen LogP contribution < -0.4 is 0 Å². The van der Waals surface area contributed by atoms with Crippen LogP contribution in [0.15, 0.2) is 0 Å². The van der Waals surface area contributed by atoms with E-state index in [0.717, 1.165) is 0 Å². The number of alkyl halides is 7. The van der Waals surface area contributed by atoms with E-state index in [1.807, 2.05) is 0 Å². The highest BCUT2D eigenvalue weighted by Gasteiger charge is 2.67. The van der Waals surface area contributed by atoms with Crippen molar-refractivity contribution in [3.8, 4) is 0 Å². The molecule has 0 aliphatic rings. The summed E-state index contributed by atoms with van der Waals surface area (Å²) in [4.78, 5) is 0. The van der Waals surface area contributed by atoms with Gasteiger partial charge in [0.2, 0.25) is 0 Å². The van der Waals surface area contributed by atoms with E-state index >= 15 is 0 Å². The fourth-order valence-corrected chi connectivity index (χ4v) is 0.249. The Morgan fingerprint density at radius 2 is 1.18 bits per heavy atom. The Morgan fingerprint density at radius 1 is 0.909 bits per heavy atom. The summed E-state index contributed by atoms with van der Waals surface area (Å²) in [5, 5.41) is 0. The average molecular weight is 292 g/mol. The number of rotatable bonds is 1. The smallest absolute Gasteiger partial charge is 0.215 e. The van der Waals surface area contributed by atoms with Gasteiger partial charge in [0.15, 0.2) is 0 Å². The summed E-state index contributed by atoms with van der Waals surface area (Å²) in [5.74, 6) is -4.42. The van der Waals surface area contributed by atoms with Crippen molar-refractivity contribution in [2.24, 2.45) is 0 Å². The second-order valence-electron chi connectivity index (χ2n) is 1.96. The molecular formula is C4H3F6I. The van der Waals surface area contributed by atoms with E-state index in [2.05, 4.69) is 0 Å². The minimum absolute atomic E-state index is 0.0475. The Hall–Kier alpha value is 0.310. The zero-order valence-electron chi connectivity index (χ0n) is 5.15. The minimum Gasteiger partial charge on any atom is -0.215 e. The quantitative estimate of drug-likeness (QED) is 0.395. The Kier molecular flexibility index (Phi) is 2.74. The van der Waals surface area contributed by atoms with E-state index in [0.29, 0.717) is 0 Å². The molecule has 0 nitrogen and oxygen atoms in total. The molecule has 0 spiro atoms. The molecule has 0 radical (unpaired) electrons. The first-order chi connectivity index (χ1) is 4.50. The van der Waals surface area contributed by atoms with Crippen LogP contribution in [-0.4, -0.2) is 15.8 Å². The summed E-state index contributed by atoms with van der Waals surface area (Å²) in [7, 11) is 0. The lowest BCUT2D eigenvalue weighted by Crippen LogP contribution is -2.48. The van der Waals surface area contributed by atoms with Gasteiger partial charge in [-0.2, -0.15) is 13.2 Å². The summed E-state index contributed by atoms with van der Waals surface area (Å²) < 4.78 is 65.9. The highest BCUT2D eigenvalue weighted by molar-refractivity contribution is 14.1. The lowest BCUT2D eigenvalue weighted by Gasteiger charge is -2.27. The van der Waals surface area contributed by atoms with Crippen molar-refractivity contribution in [3.63, 3.8) is 0 Å². The van der Waals surface area contributed by atoms with Crippen molar-refractivity contribution < 1.29 is 26.3 Å². The van der Waals surface area contributed by atoms with Crippen LogP contribution in [0, 0.1) is 0 Å². The van der Waals surface area contributed by atoms with Crippen molar-refractivity contribution in [3.05, 3.63) is 0 Å². The predicted molar refractivity (Wildman–Crippen MR) is 34.5 cm³/mol. The lowest BCUT2D eigenvalue weighted by atomic mass is 10.2. The van der Waals surface area contributed by atoms with Gasteiger partial charge in [0.1, 0.15) is 0 Å². The fraction of sp³-hybridized carbons (Fsp3) is 1.00. The van der Waals surface area contributed by atoms with Crippen LogP contribution in [-0.2, 0) is 0 Å². The summed E-state index contributed by atoms with van der Waals surface area (Å²) >= 11 is 0.0475. The van der Waals surface area contributed by atoms with Crippen LogP contribution in [0.5, 0.6) is 0 Å². The largest absolute Gasteiger partial charge is 0.438 e. The molecule has 0 saturated heterocycles. The molecule has 7 heteroatoms. The van der Waals surface area contributed by atoms with Crippen LogP contribution in [0.4, 0.5) is 26.3 Å². The molecule has 0 rings (SSSR count). The molecule has 0 aromatic rings. The molecule has 0 amide bonds. The van der Waals surface area contributed by atoms with Gasteiger partial charge in [-0.05, 0) is 22.6 Å². The third kappa shape index (κ3) is 2.12. The van der Waals surface area contributed by atoms with E-state index in [4.69, 9.17) is 0 Å². The highest BCUT2D eigenvalue weighted by Crippen LogP contribution is 2.49. The molecule has 0 heterocycles. The van der Waals surface area contributed by atoms with Gasteiger partial charge >= 0.3 is 9.85 Å². The zero-order valence-corrected chi connectivity index (χ0v) is 7.30. The molecule has 0 aliphatic carbocycles. The van der Waals surface area contributed by atoms with Crippen LogP contribution in [0.1, 0.15) is 6.92 Å². The fourth-order valence-electron chi connectivity index (χ4n) is 0.249. The van der Waals surface area contributed by atoms with E-state index in [1.54, 1.807) is 0 Å². The highest BCUT2D eigenvalue weighted by atomic mass is 127. The molecule has 0 aromatic heterocycles. The van der Waals surface area contributed by atoms with Crippen molar-refractivity contribution in [2.75, 3.05) is 0 Å². The Bertz CT molecular complexity index is 126. The first kappa shape index (κ1) is 11.3. The molecule has 0 aromatic carbocycles. The minimum atomic E-state index is -5.55. The predicted octanol–water partition coefficient (Wildman–Crippen LogP) is 3.30. The first-order valence-corrected chi connectivity index (χ1v) is 3.40. The molecule has 11 heavy (non-hydrogen) atoms. The number of hydrogen-bond acceptors (Lipinski definition) is 0. The summed E-state index contributed by atoms with van der Waals surface area (Å²) in [5.41, 5.74) is 0. The van der Waals surface area contributed by atoms with Crippen LogP contribution in [0.2, 0.25) is 0 Å². The zero-order chi connectivity index (χ0) is 9.50. The maximum absolute atomic E-state index is 12.2. The number of hydrogen-bond donors (Lipinski definition) is 0. The standard InChI is InChI=1S/C4H3F6I/c1-2(5,6)3(7,11)4(8,9)10/h1H3. The monoisotopic (exact) mass is 292 g/mol. The summed E-state index contributed by atoms with van der Waals surface area (Å²) in [6.07, 6.45) is -5.55. The van der Waals surface area contributed by atoms with Crippen molar-refractivity contribution >= 4 is 22.6 Å².